The van der Waals surface area contributed by atoms with E-state index in [1.807, 2.05) is 13.8 Å². The van der Waals surface area contributed by atoms with E-state index in [2.05, 4.69) is 10.5 Å². The number of Topliss-reactive ketones (excluding diaryl/α,β-unsaturated/α-hetero) is 1. The number of hydrogen-bond acceptors (Lipinski definition) is 4. The van der Waals surface area contributed by atoms with Gasteiger partial charge >= 0.3 is 0 Å². The van der Waals surface area contributed by atoms with E-state index in [0.29, 0.717) is 5.76 Å². The minimum Gasteiger partial charge on any atom is -0.353 e. The third-order valence-corrected chi connectivity index (χ3v) is 1.75. The van der Waals surface area contributed by atoms with Gasteiger partial charge in [-0.15, -0.1) is 0 Å². The summed E-state index contributed by atoms with van der Waals surface area (Å²) in [5.74, 6) is 0.303. The summed E-state index contributed by atoms with van der Waals surface area (Å²) in [6, 6.07) is 0. The molecule has 0 bridgehead atoms. The van der Waals surface area contributed by atoms with Crippen LogP contribution in [0.4, 0.5) is 0 Å². The Bertz CT molecular complexity index is 291. The van der Waals surface area contributed by atoms with E-state index in [-0.39, 0.29) is 12.3 Å². The fourth-order valence-electron chi connectivity index (χ4n) is 0.916. The summed E-state index contributed by atoms with van der Waals surface area (Å²) in [5.41, 5.74) is 1.60. The minimum atomic E-state index is -0.0596. The molecule has 0 aliphatic carbocycles. The molecule has 0 saturated heterocycles. The minimum absolute atomic E-state index is 0.0596. The van der Waals surface area contributed by atoms with Crippen molar-refractivity contribution in [1.82, 2.24) is 10.5 Å². The molecule has 0 aliphatic heterocycles. The molecule has 1 heterocycles. The molecule has 4 heteroatoms. The zero-order valence-electron chi connectivity index (χ0n) is 7.47. The van der Waals surface area contributed by atoms with Crippen molar-refractivity contribution < 1.29 is 9.32 Å². The average Bonchev–Trinajstić information content (AvgIpc) is 2.34. The average molecular weight is 168 g/mol. The molecule has 1 rings (SSSR count). The predicted molar refractivity (Wildman–Crippen MR) is 44.2 cm³/mol. The Kier molecular flexibility index (Phi) is 2.60. The number of rotatable bonds is 3. The first kappa shape index (κ1) is 8.93. The highest BCUT2D eigenvalue weighted by Crippen LogP contribution is 2.11. The number of nitrogens with zero attached hydrogens (tertiary/aromatic N) is 1. The van der Waals surface area contributed by atoms with Crippen LogP contribution >= 0.6 is 0 Å². The van der Waals surface area contributed by atoms with Crippen LogP contribution in [0, 0.1) is 13.8 Å². The van der Waals surface area contributed by atoms with Gasteiger partial charge in [-0.05, 0) is 20.9 Å². The number of nitrogens with one attached hydrogen (secondary N) is 1. The molecule has 4 nitrogen and oxygen atoms in total. The van der Waals surface area contributed by atoms with Crippen LogP contribution in [0.1, 0.15) is 21.8 Å². The van der Waals surface area contributed by atoms with Crippen molar-refractivity contribution in [3.8, 4) is 0 Å². The largest absolute Gasteiger partial charge is 0.353 e. The van der Waals surface area contributed by atoms with Crippen LogP contribution in [-0.2, 0) is 0 Å². The Morgan fingerprint density at radius 3 is 2.67 bits per heavy atom. The highest BCUT2D eigenvalue weighted by atomic mass is 16.5. The zero-order chi connectivity index (χ0) is 9.14. The number of carbonyl (C=O) groups is 1. The number of hydrogen-bond donors (Lipinski definition) is 1. The molecule has 1 N–H and O–H groups in total. The van der Waals surface area contributed by atoms with Gasteiger partial charge in [0.05, 0.1) is 12.2 Å². The molecule has 0 amide bonds. The van der Waals surface area contributed by atoms with Gasteiger partial charge in [-0.25, -0.2) is 0 Å². The number of aromatic nitrogens is 1. The molecular formula is C8H12N2O2. The van der Waals surface area contributed by atoms with Crippen LogP contribution in [0.25, 0.3) is 0 Å². The van der Waals surface area contributed by atoms with Crippen LogP contribution < -0.4 is 5.32 Å². The molecule has 12 heavy (non-hydrogen) atoms. The van der Waals surface area contributed by atoms with Crippen molar-refractivity contribution in [2.75, 3.05) is 13.6 Å². The molecule has 0 fully saturated rings. The third kappa shape index (κ3) is 1.53. The lowest BCUT2D eigenvalue weighted by Gasteiger charge is -1.94. The molecule has 0 unspecified atom stereocenters. The molecular weight excluding hydrogens is 156 g/mol. The lowest BCUT2D eigenvalue weighted by Crippen LogP contribution is -2.18. The first-order chi connectivity index (χ1) is 5.66. The van der Waals surface area contributed by atoms with Crippen molar-refractivity contribution >= 4 is 5.78 Å². The fraction of sp³-hybridized carbons (Fsp3) is 0.500. The first-order valence-corrected chi connectivity index (χ1v) is 3.77. The highest BCUT2D eigenvalue weighted by molar-refractivity contribution is 5.96. The van der Waals surface area contributed by atoms with E-state index >= 15 is 0 Å². The van der Waals surface area contributed by atoms with Gasteiger partial charge < -0.3 is 9.84 Å². The molecule has 0 aliphatic rings. The zero-order valence-corrected chi connectivity index (χ0v) is 7.47. The summed E-state index contributed by atoms with van der Waals surface area (Å²) in [7, 11) is 1.72. The van der Waals surface area contributed by atoms with Gasteiger partial charge in [-0.3, -0.25) is 4.79 Å². The van der Waals surface area contributed by atoms with Gasteiger partial charge in [0.15, 0.2) is 0 Å². The fourth-order valence-corrected chi connectivity index (χ4v) is 0.916. The third-order valence-electron chi connectivity index (χ3n) is 1.75. The van der Waals surface area contributed by atoms with Crippen molar-refractivity contribution in [1.29, 1.82) is 0 Å². The summed E-state index contributed by atoms with van der Waals surface area (Å²) in [6.45, 7) is 3.93. The number of carbonyl (C=O) groups excluding carboxylic acids is 1. The molecule has 0 radical (unpaired) electrons. The summed E-state index contributed by atoms with van der Waals surface area (Å²) in [6.07, 6.45) is 0. The van der Waals surface area contributed by atoms with Gasteiger partial charge in [0.2, 0.25) is 11.5 Å². The van der Waals surface area contributed by atoms with Gasteiger partial charge in [0.1, 0.15) is 0 Å². The van der Waals surface area contributed by atoms with E-state index in [0.717, 1.165) is 11.3 Å². The Labute approximate surface area is 70.9 Å². The van der Waals surface area contributed by atoms with E-state index < -0.39 is 0 Å². The lowest BCUT2D eigenvalue weighted by molar-refractivity contribution is 0.0957. The van der Waals surface area contributed by atoms with Crippen molar-refractivity contribution in [3.63, 3.8) is 0 Å². The quantitative estimate of drug-likeness (QED) is 0.675. The Morgan fingerprint density at radius 2 is 2.25 bits per heavy atom. The van der Waals surface area contributed by atoms with Crippen LogP contribution in [0.15, 0.2) is 4.52 Å². The monoisotopic (exact) mass is 168 g/mol. The van der Waals surface area contributed by atoms with Crippen molar-refractivity contribution in [2.45, 2.75) is 13.8 Å². The molecule has 66 valence electrons. The van der Waals surface area contributed by atoms with Crippen molar-refractivity contribution in [3.05, 3.63) is 17.0 Å². The Hall–Kier alpha value is -1.16. The van der Waals surface area contributed by atoms with Crippen molar-refractivity contribution in [2.24, 2.45) is 0 Å². The van der Waals surface area contributed by atoms with E-state index in [1.54, 1.807) is 7.05 Å². The Morgan fingerprint density at radius 1 is 1.58 bits per heavy atom. The normalized spacial score (nSPS) is 10.2. The van der Waals surface area contributed by atoms with E-state index in [9.17, 15) is 4.79 Å². The SMILES string of the molecule is CNCC(=O)c1onc(C)c1C. The maximum absolute atomic E-state index is 11.3. The molecule has 1 aromatic heterocycles. The summed E-state index contributed by atoms with van der Waals surface area (Å²) < 4.78 is 4.87. The van der Waals surface area contributed by atoms with E-state index in [4.69, 9.17) is 4.52 Å². The highest BCUT2D eigenvalue weighted by Gasteiger charge is 2.15. The first-order valence-electron chi connectivity index (χ1n) is 3.77. The molecule has 0 aromatic carbocycles. The lowest BCUT2D eigenvalue weighted by atomic mass is 10.2. The topological polar surface area (TPSA) is 55.1 Å². The van der Waals surface area contributed by atoms with Gasteiger partial charge in [-0.1, -0.05) is 5.16 Å². The van der Waals surface area contributed by atoms with Crippen LogP contribution in [-0.4, -0.2) is 24.5 Å². The summed E-state index contributed by atoms with van der Waals surface area (Å²) in [4.78, 5) is 11.3. The second-order valence-electron chi connectivity index (χ2n) is 2.68. The predicted octanol–water partition coefficient (Wildman–Crippen LogP) is 0.694. The maximum atomic E-state index is 11.3. The van der Waals surface area contributed by atoms with Gasteiger partial charge in [0.25, 0.3) is 0 Å². The van der Waals surface area contributed by atoms with Crippen LogP contribution in [0.5, 0.6) is 0 Å². The smallest absolute Gasteiger partial charge is 0.214 e. The molecule has 0 spiro atoms. The van der Waals surface area contributed by atoms with Crippen LogP contribution in [0.3, 0.4) is 0 Å². The number of likely N-dealkylation sites (N-methyl/N-ethyl adjacent to an activating group) is 1. The van der Waals surface area contributed by atoms with Gasteiger partial charge in [-0.2, -0.15) is 0 Å². The number of aryl methyl sites for hydroxylation is 1. The second kappa shape index (κ2) is 3.49. The second-order valence-corrected chi connectivity index (χ2v) is 2.68. The Balaban J connectivity index is 2.88. The number of ketones is 1. The summed E-state index contributed by atoms with van der Waals surface area (Å²) >= 11 is 0. The molecule has 0 saturated carbocycles. The van der Waals surface area contributed by atoms with Gasteiger partial charge in [0, 0.05) is 5.56 Å². The molecule has 0 atom stereocenters. The maximum Gasteiger partial charge on any atom is 0.214 e. The van der Waals surface area contributed by atoms with E-state index in [1.165, 1.54) is 0 Å². The molecule has 1 aromatic rings. The van der Waals surface area contributed by atoms with Crippen LogP contribution in [0.2, 0.25) is 0 Å². The summed E-state index contributed by atoms with van der Waals surface area (Å²) in [5, 5.41) is 6.46. The standard InChI is InChI=1S/C8H12N2O2/c1-5-6(2)10-12-8(5)7(11)4-9-3/h9H,4H2,1-3H3.